The Bertz CT molecular complexity index is 1370. The van der Waals surface area contributed by atoms with Crippen molar-refractivity contribution in [2.24, 2.45) is 0 Å². The SMILES string of the molecule is COc1ccc(Cn2c(=O)n([C@@H](Cc3ccccc3)C(=O)O)c(=O)c3ccccc32)cc1. The van der Waals surface area contributed by atoms with E-state index in [0.717, 1.165) is 15.7 Å². The Morgan fingerprint density at radius 3 is 2.22 bits per heavy atom. The average molecular weight is 430 g/mol. The molecule has 7 nitrogen and oxygen atoms in total. The van der Waals surface area contributed by atoms with Gasteiger partial charge in [0.1, 0.15) is 11.8 Å². The highest BCUT2D eigenvalue weighted by Gasteiger charge is 2.26. The number of hydrogen-bond donors (Lipinski definition) is 1. The molecule has 3 aromatic carbocycles. The number of carboxylic acids is 1. The van der Waals surface area contributed by atoms with Gasteiger partial charge in [-0.2, -0.15) is 0 Å². The van der Waals surface area contributed by atoms with Gasteiger partial charge in [-0.25, -0.2) is 14.2 Å². The van der Waals surface area contributed by atoms with Crippen LogP contribution in [0.25, 0.3) is 10.9 Å². The van der Waals surface area contributed by atoms with Gasteiger partial charge in [0.05, 0.1) is 24.6 Å². The summed E-state index contributed by atoms with van der Waals surface area (Å²) in [6.45, 7) is 0.182. The van der Waals surface area contributed by atoms with Crippen LogP contribution in [0.4, 0.5) is 0 Å². The van der Waals surface area contributed by atoms with Crippen molar-refractivity contribution in [3.05, 3.63) is 111 Å². The first kappa shape index (κ1) is 21.1. The normalized spacial score (nSPS) is 11.9. The van der Waals surface area contributed by atoms with Crippen molar-refractivity contribution in [3.8, 4) is 5.75 Å². The Kier molecular flexibility index (Phi) is 5.89. The lowest BCUT2D eigenvalue weighted by Crippen LogP contribution is -2.45. The van der Waals surface area contributed by atoms with Crippen molar-refractivity contribution in [3.63, 3.8) is 0 Å². The number of para-hydroxylation sites is 1. The standard InChI is InChI=1S/C25H22N2O5/c1-32-19-13-11-18(12-14-19)16-26-21-10-6-5-9-20(21)23(28)27(25(26)31)22(24(29)30)15-17-7-3-2-4-8-17/h2-14,22H,15-16H2,1H3,(H,29,30)/t22-/m0/s1. The average Bonchev–Trinajstić information content (AvgIpc) is 2.82. The molecule has 4 rings (SSSR count). The summed E-state index contributed by atoms with van der Waals surface area (Å²) in [6, 6.07) is 21.6. The summed E-state index contributed by atoms with van der Waals surface area (Å²) in [5.41, 5.74) is 0.727. The third-order valence-electron chi connectivity index (χ3n) is 5.45. The lowest BCUT2D eigenvalue weighted by molar-refractivity contribution is -0.141. The summed E-state index contributed by atoms with van der Waals surface area (Å²) in [6.07, 6.45) is 0.0200. The summed E-state index contributed by atoms with van der Waals surface area (Å²) >= 11 is 0. The largest absolute Gasteiger partial charge is 0.497 e. The van der Waals surface area contributed by atoms with Gasteiger partial charge < -0.3 is 9.84 Å². The van der Waals surface area contributed by atoms with Gasteiger partial charge in [0.2, 0.25) is 0 Å². The molecule has 1 aromatic heterocycles. The number of rotatable bonds is 7. The second-order valence-electron chi connectivity index (χ2n) is 7.45. The molecule has 0 saturated heterocycles. The Morgan fingerprint density at radius 1 is 0.906 bits per heavy atom. The number of nitrogens with zero attached hydrogens (tertiary/aromatic N) is 2. The van der Waals surface area contributed by atoms with Crippen molar-refractivity contribution in [2.75, 3.05) is 7.11 Å². The van der Waals surface area contributed by atoms with Gasteiger partial charge in [-0.3, -0.25) is 9.36 Å². The van der Waals surface area contributed by atoms with Crippen molar-refractivity contribution < 1.29 is 14.6 Å². The van der Waals surface area contributed by atoms with Crippen molar-refractivity contribution in [2.45, 2.75) is 19.0 Å². The Morgan fingerprint density at radius 2 is 1.56 bits per heavy atom. The van der Waals surface area contributed by atoms with Crippen molar-refractivity contribution in [1.29, 1.82) is 0 Å². The maximum absolute atomic E-state index is 13.5. The molecular formula is C25H22N2O5. The zero-order valence-electron chi connectivity index (χ0n) is 17.5. The van der Waals surface area contributed by atoms with E-state index in [0.29, 0.717) is 16.7 Å². The second kappa shape index (κ2) is 8.93. The van der Waals surface area contributed by atoms with Gasteiger partial charge in [-0.1, -0.05) is 54.6 Å². The van der Waals surface area contributed by atoms with Crippen molar-refractivity contribution in [1.82, 2.24) is 9.13 Å². The molecule has 4 aromatic rings. The number of ether oxygens (including phenoxy) is 1. The molecule has 0 fully saturated rings. The van der Waals surface area contributed by atoms with Gasteiger partial charge in [0.15, 0.2) is 0 Å². The third kappa shape index (κ3) is 4.05. The minimum Gasteiger partial charge on any atom is -0.497 e. The van der Waals surface area contributed by atoms with Crippen LogP contribution < -0.4 is 16.0 Å². The van der Waals surface area contributed by atoms with Crippen LogP contribution in [-0.2, 0) is 17.8 Å². The Labute approximate surface area is 183 Å². The fourth-order valence-electron chi connectivity index (χ4n) is 3.81. The summed E-state index contributed by atoms with van der Waals surface area (Å²) in [5.74, 6) is -0.552. The van der Waals surface area contributed by atoms with Crippen LogP contribution in [-0.4, -0.2) is 27.3 Å². The first-order valence-electron chi connectivity index (χ1n) is 10.1. The molecule has 1 N–H and O–H groups in total. The minimum absolute atomic E-state index is 0.0200. The maximum atomic E-state index is 13.5. The van der Waals surface area contributed by atoms with Crippen LogP contribution in [0.2, 0.25) is 0 Å². The number of aliphatic carboxylic acids is 1. The van der Waals surface area contributed by atoms with Crippen LogP contribution in [0.1, 0.15) is 17.2 Å². The molecular weight excluding hydrogens is 408 g/mol. The molecule has 1 atom stereocenters. The highest BCUT2D eigenvalue weighted by atomic mass is 16.5. The molecule has 0 amide bonds. The summed E-state index contributed by atoms with van der Waals surface area (Å²) < 4.78 is 7.49. The molecule has 0 bridgehead atoms. The topological polar surface area (TPSA) is 90.5 Å². The van der Waals surface area contributed by atoms with E-state index in [1.54, 1.807) is 67.8 Å². The van der Waals surface area contributed by atoms with Crippen LogP contribution in [0.5, 0.6) is 5.75 Å². The smallest absolute Gasteiger partial charge is 0.332 e. The molecule has 32 heavy (non-hydrogen) atoms. The first-order valence-corrected chi connectivity index (χ1v) is 10.1. The molecule has 0 saturated carbocycles. The van der Waals surface area contributed by atoms with E-state index < -0.39 is 23.3 Å². The Balaban J connectivity index is 1.89. The van der Waals surface area contributed by atoms with Crippen LogP contribution in [0, 0.1) is 0 Å². The quantitative estimate of drug-likeness (QED) is 0.487. The van der Waals surface area contributed by atoms with E-state index in [9.17, 15) is 19.5 Å². The van der Waals surface area contributed by atoms with E-state index in [1.165, 1.54) is 4.57 Å². The molecule has 7 heteroatoms. The number of aromatic nitrogens is 2. The van der Waals surface area contributed by atoms with E-state index in [4.69, 9.17) is 4.74 Å². The summed E-state index contributed by atoms with van der Waals surface area (Å²) in [4.78, 5) is 38.9. The molecule has 0 aliphatic rings. The fourth-order valence-corrected chi connectivity index (χ4v) is 3.81. The van der Waals surface area contributed by atoms with E-state index in [2.05, 4.69) is 0 Å². The zero-order valence-corrected chi connectivity index (χ0v) is 17.5. The van der Waals surface area contributed by atoms with Gasteiger partial charge in [0, 0.05) is 6.42 Å². The van der Waals surface area contributed by atoms with Gasteiger partial charge >= 0.3 is 11.7 Å². The number of carboxylic acid groups (broad SMARTS) is 1. The highest BCUT2D eigenvalue weighted by molar-refractivity contribution is 5.79. The predicted molar refractivity (Wildman–Crippen MR) is 121 cm³/mol. The number of fused-ring (bicyclic) bond motifs is 1. The zero-order chi connectivity index (χ0) is 22.7. The van der Waals surface area contributed by atoms with E-state index in [1.807, 2.05) is 18.2 Å². The molecule has 0 spiro atoms. The van der Waals surface area contributed by atoms with E-state index >= 15 is 0 Å². The molecule has 162 valence electrons. The molecule has 0 aliphatic heterocycles. The van der Waals surface area contributed by atoms with Crippen LogP contribution in [0.15, 0.2) is 88.5 Å². The summed E-state index contributed by atoms with van der Waals surface area (Å²) in [5, 5.41) is 10.2. The number of benzene rings is 3. The van der Waals surface area contributed by atoms with Crippen molar-refractivity contribution >= 4 is 16.9 Å². The maximum Gasteiger partial charge on any atom is 0.332 e. The minimum atomic E-state index is -1.33. The van der Waals surface area contributed by atoms with Gasteiger partial charge in [-0.05, 0) is 35.4 Å². The monoisotopic (exact) mass is 430 g/mol. The van der Waals surface area contributed by atoms with Gasteiger partial charge in [0.25, 0.3) is 5.56 Å². The van der Waals surface area contributed by atoms with E-state index in [-0.39, 0.29) is 13.0 Å². The Hall–Kier alpha value is -4.13. The van der Waals surface area contributed by atoms with Crippen LogP contribution >= 0.6 is 0 Å². The number of methoxy groups -OCH3 is 1. The molecule has 0 unspecified atom stereocenters. The summed E-state index contributed by atoms with van der Waals surface area (Å²) in [7, 11) is 1.57. The number of hydrogen-bond acceptors (Lipinski definition) is 4. The highest BCUT2D eigenvalue weighted by Crippen LogP contribution is 2.17. The lowest BCUT2D eigenvalue weighted by atomic mass is 10.1. The molecule has 0 radical (unpaired) electrons. The third-order valence-corrected chi connectivity index (χ3v) is 5.45. The van der Waals surface area contributed by atoms with Gasteiger partial charge in [-0.15, -0.1) is 0 Å². The molecule has 1 heterocycles. The lowest BCUT2D eigenvalue weighted by Gasteiger charge is -2.19. The predicted octanol–water partition coefficient (Wildman–Crippen LogP) is 3.09. The van der Waals surface area contributed by atoms with Crippen LogP contribution in [0.3, 0.4) is 0 Å². The first-order chi connectivity index (χ1) is 15.5. The second-order valence-corrected chi connectivity index (χ2v) is 7.45. The fraction of sp³-hybridized carbons (Fsp3) is 0.160. The molecule has 0 aliphatic carbocycles. The number of carbonyl (C=O) groups is 1.